The van der Waals surface area contributed by atoms with Gasteiger partial charge in [0.1, 0.15) is 11.8 Å². The van der Waals surface area contributed by atoms with Crippen molar-refractivity contribution in [2.75, 3.05) is 27.7 Å². The largest absolute Gasteiger partial charge is 0.496 e. The number of hydrogen-bond donors (Lipinski definition) is 2. The van der Waals surface area contributed by atoms with Crippen LogP contribution in [0.3, 0.4) is 0 Å². The van der Waals surface area contributed by atoms with Gasteiger partial charge in [0.25, 0.3) is 5.91 Å². The molecule has 0 radical (unpaired) electrons. The predicted molar refractivity (Wildman–Crippen MR) is 95.0 cm³/mol. The van der Waals surface area contributed by atoms with Crippen molar-refractivity contribution in [3.63, 3.8) is 0 Å². The fraction of sp³-hybridized carbons (Fsp3) is 0.278. The first-order valence-electron chi connectivity index (χ1n) is 7.49. The van der Waals surface area contributed by atoms with Gasteiger partial charge in [0, 0.05) is 10.0 Å². The summed E-state index contributed by atoms with van der Waals surface area (Å²) in [6.45, 7) is 0.539. The maximum absolute atomic E-state index is 12.3. The number of hydrogen-bond acceptors (Lipinski definition) is 2. The number of benzene rings is 2. The molecule has 4 nitrogen and oxygen atoms in total. The summed E-state index contributed by atoms with van der Waals surface area (Å²) in [4.78, 5) is 13.5. The standard InChI is InChI=1S/C18H21BrN2O2/c1-21(2)16(15-6-4-5-7-17(15)23-3)12-20-18(22)13-8-10-14(19)11-9-13/h4-11,16H,12H2,1-3H3,(H,20,22)/p+1/t16-/m1/s1. The third kappa shape index (κ3) is 4.56. The highest BCUT2D eigenvalue weighted by Gasteiger charge is 2.22. The first-order chi connectivity index (χ1) is 11.0. The molecule has 0 saturated carbocycles. The first kappa shape index (κ1) is 17.5. The number of likely N-dealkylation sites (N-methyl/N-ethyl adjacent to an activating group) is 1. The first-order valence-corrected chi connectivity index (χ1v) is 8.29. The van der Waals surface area contributed by atoms with Gasteiger partial charge in [-0.3, -0.25) is 4.79 Å². The lowest BCUT2D eigenvalue weighted by Crippen LogP contribution is -3.07. The molecular weight excluding hydrogens is 356 g/mol. The third-order valence-corrected chi connectivity index (χ3v) is 4.31. The van der Waals surface area contributed by atoms with Crippen LogP contribution in [0.4, 0.5) is 0 Å². The predicted octanol–water partition coefficient (Wildman–Crippen LogP) is 2.07. The Morgan fingerprint density at radius 2 is 1.83 bits per heavy atom. The van der Waals surface area contributed by atoms with Crippen molar-refractivity contribution >= 4 is 21.8 Å². The Kier molecular flexibility index (Phi) is 6.19. The van der Waals surface area contributed by atoms with Crippen LogP contribution >= 0.6 is 15.9 Å². The quantitative estimate of drug-likeness (QED) is 0.809. The summed E-state index contributed by atoms with van der Waals surface area (Å²) in [5.41, 5.74) is 1.74. The Bertz CT molecular complexity index is 656. The molecule has 2 aromatic carbocycles. The van der Waals surface area contributed by atoms with Crippen LogP contribution in [0.2, 0.25) is 0 Å². The van der Waals surface area contributed by atoms with E-state index in [1.165, 1.54) is 4.90 Å². The number of quaternary nitrogens is 1. The summed E-state index contributed by atoms with van der Waals surface area (Å²) in [5.74, 6) is 0.773. The minimum atomic E-state index is -0.0707. The highest BCUT2D eigenvalue weighted by molar-refractivity contribution is 9.10. The van der Waals surface area contributed by atoms with E-state index in [2.05, 4.69) is 35.3 Å². The molecule has 0 aliphatic carbocycles. The zero-order valence-corrected chi connectivity index (χ0v) is 15.2. The highest BCUT2D eigenvalue weighted by atomic mass is 79.9. The van der Waals surface area contributed by atoms with E-state index in [-0.39, 0.29) is 11.9 Å². The van der Waals surface area contributed by atoms with Gasteiger partial charge in [0.05, 0.1) is 33.3 Å². The van der Waals surface area contributed by atoms with Crippen molar-refractivity contribution in [1.82, 2.24) is 5.32 Å². The fourth-order valence-corrected chi connectivity index (χ4v) is 2.74. The lowest BCUT2D eigenvalue weighted by molar-refractivity contribution is -0.890. The molecule has 0 bridgehead atoms. The van der Waals surface area contributed by atoms with E-state index < -0.39 is 0 Å². The molecule has 2 N–H and O–H groups in total. The number of carbonyl (C=O) groups is 1. The Labute approximate surface area is 145 Å². The molecule has 0 spiro atoms. The molecule has 2 rings (SSSR count). The zero-order chi connectivity index (χ0) is 16.8. The summed E-state index contributed by atoms with van der Waals surface area (Å²) >= 11 is 3.37. The molecule has 122 valence electrons. The lowest BCUT2D eigenvalue weighted by atomic mass is 10.0. The minimum absolute atomic E-state index is 0.0707. The topological polar surface area (TPSA) is 42.8 Å². The van der Waals surface area contributed by atoms with Crippen LogP contribution in [0.5, 0.6) is 5.75 Å². The maximum atomic E-state index is 12.3. The van der Waals surface area contributed by atoms with Gasteiger partial charge < -0.3 is 15.0 Å². The molecule has 0 unspecified atom stereocenters. The average Bonchev–Trinajstić information content (AvgIpc) is 2.55. The molecule has 0 aliphatic heterocycles. The van der Waals surface area contributed by atoms with Gasteiger partial charge >= 0.3 is 0 Å². The van der Waals surface area contributed by atoms with Gasteiger partial charge in [0.15, 0.2) is 0 Å². The number of rotatable bonds is 6. The van der Waals surface area contributed by atoms with Crippen molar-refractivity contribution in [3.8, 4) is 5.75 Å². The van der Waals surface area contributed by atoms with Gasteiger partial charge in [-0.15, -0.1) is 0 Å². The minimum Gasteiger partial charge on any atom is -0.496 e. The zero-order valence-electron chi connectivity index (χ0n) is 13.6. The Morgan fingerprint density at radius 1 is 1.17 bits per heavy atom. The van der Waals surface area contributed by atoms with E-state index in [9.17, 15) is 4.79 Å². The van der Waals surface area contributed by atoms with Gasteiger partial charge in [0.2, 0.25) is 0 Å². The van der Waals surface area contributed by atoms with Gasteiger partial charge in [-0.25, -0.2) is 0 Å². The Balaban J connectivity index is 2.11. The smallest absolute Gasteiger partial charge is 0.251 e. The third-order valence-electron chi connectivity index (χ3n) is 3.78. The SMILES string of the molecule is COc1ccccc1[C@@H](CNC(=O)c1ccc(Br)cc1)[NH+](C)C. The van der Waals surface area contributed by atoms with Gasteiger partial charge in [-0.1, -0.05) is 28.1 Å². The van der Waals surface area contributed by atoms with Crippen molar-refractivity contribution in [3.05, 3.63) is 64.1 Å². The van der Waals surface area contributed by atoms with E-state index in [0.29, 0.717) is 12.1 Å². The number of carbonyl (C=O) groups excluding carboxylic acids is 1. The average molecular weight is 378 g/mol. The monoisotopic (exact) mass is 377 g/mol. The highest BCUT2D eigenvalue weighted by Crippen LogP contribution is 2.22. The number of halogens is 1. The van der Waals surface area contributed by atoms with Crippen LogP contribution in [-0.2, 0) is 0 Å². The molecular formula is C18H22BrN2O2+. The van der Waals surface area contributed by atoms with Crippen molar-refractivity contribution < 1.29 is 14.4 Å². The normalized spacial score (nSPS) is 12.0. The second-order valence-corrected chi connectivity index (χ2v) is 6.50. The molecule has 1 atom stereocenters. The van der Waals surface area contributed by atoms with Crippen LogP contribution in [0.1, 0.15) is 22.0 Å². The van der Waals surface area contributed by atoms with Crippen LogP contribution < -0.4 is 15.0 Å². The maximum Gasteiger partial charge on any atom is 0.251 e. The molecule has 0 heterocycles. The Hall–Kier alpha value is -1.85. The van der Waals surface area contributed by atoms with Crippen LogP contribution in [-0.4, -0.2) is 33.7 Å². The van der Waals surface area contributed by atoms with Gasteiger partial charge in [-0.05, 0) is 36.4 Å². The molecule has 0 aliphatic rings. The summed E-state index contributed by atoms with van der Waals surface area (Å²) in [6, 6.07) is 15.4. The van der Waals surface area contributed by atoms with E-state index in [1.54, 1.807) is 19.2 Å². The van der Waals surface area contributed by atoms with E-state index in [1.807, 2.05) is 36.4 Å². The van der Waals surface area contributed by atoms with Crippen molar-refractivity contribution in [1.29, 1.82) is 0 Å². The summed E-state index contributed by atoms with van der Waals surface area (Å²) in [6.07, 6.45) is 0. The van der Waals surface area contributed by atoms with Crippen LogP contribution in [0.25, 0.3) is 0 Å². The van der Waals surface area contributed by atoms with Gasteiger partial charge in [-0.2, -0.15) is 0 Å². The van der Waals surface area contributed by atoms with E-state index in [0.717, 1.165) is 15.8 Å². The molecule has 23 heavy (non-hydrogen) atoms. The van der Waals surface area contributed by atoms with E-state index >= 15 is 0 Å². The summed E-state index contributed by atoms with van der Waals surface area (Å²) in [7, 11) is 5.81. The summed E-state index contributed by atoms with van der Waals surface area (Å²) < 4.78 is 6.41. The number of amides is 1. The van der Waals surface area contributed by atoms with Crippen molar-refractivity contribution in [2.45, 2.75) is 6.04 Å². The molecule has 0 fully saturated rings. The molecule has 0 saturated heterocycles. The molecule has 1 amide bonds. The Morgan fingerprint density at radius 3 is 2.43 bits per heavy atom. The van der Waals surface area contributed by atoms with Crippen molar-refractivity contribution in [2.24, 2.45) is 0 Å². The lowest BCUT2D eigenvalue weighted by Gasteiger charge is -2.23. The number of methoxy groups -OCH3 is 1. The number of para-hydroxylation sites is 1. The molecule has 5 heteroatoms. The van der Waals surface area contributed by atoms with Crippen LogP contribution in [0, 0.1) is 0 Å². The molecule has 2 aromatic rings. The van der Waals surface area contributed by atoms with Crippen LogP contribution in [0.15, 0.2) is 53.0 Å². The molecule has 0 aromatic heterocycles. The fourth-order valence-electron chi connectivity index (χ4n) is 2.48. The second kappa shape index (κ2) is 8.13. The number of nitrogens with one attached hydrogen (secondary N) is 2. The van der Waals surface area contributed by atoms with E-state index in [4.69, 9.17) is 4.74 Å². The summed E-state index contributed by atoms with van der Waals surface area (Å²) in [5, 5.41) is 3.02. The number of ether oxygens (including phenoxy) is 1. The second-order valence-electron chi connectivity index (χ2n) is 5.59.